The number of benzene rings is 2. The molecule has 0 radical (unpaired) electrons. The number of para-hydroxylation sites is 1. The van der Waals surface area contributed by atoms with Gasteiger partial charge in [0, 0.05) is 17.7 Å². The number of rotatable bonds is 5. The second kappa shape index (κ2) is 9.25. The van der Waals surface area contributed by atoms with Crippen LogP contribution < -0.4 is 20.9 Å². The summed E-state index contributed by atoms with van der Waals surface area (Å²) in [4.78, 5) is 33.8. The fourth-order valence-corrected chi connectivity index (χ4v) is 2.11. The predicted octanol–water partition coefficient (Wildman–Crippen LogP) is 1.62. The number of hydrogen-bond acceptors (Lipinski definition) is 6. The summed E-state index contributed by atoms with van der Waals surface area (Å²) in [5, 5.41) is 12.8. The minimum absolute atomic E-state index is 0.131. The van der Waals surface area contributed by atoms with Gasteiger partial charge in [-0.05, 0) is 42.9 Å². The summed E-state index contributed by atoms with van der Waals surface area (Å²) in [6.07, 6.45) is 0. The molecule has 0 saturated heterocycles. The van der Waals surface area contributed by atoms with E-state index in [9.17, 15) is 19.7 Å². The number of nitro benzene ring substituents is 1. The second-order valence-corrected chi connectivity index (χ2v) is 5.72. The molecular formula is C17H16N4O5S. The lowest BCUT2D eigenvalue weighted by Gasteiger charge is -2.12. The summed E-state index contributed by atoms with van der Waals surface area (Å²) in [5.41, 5.74) is 5.61. The van der Waals surface area contributed by atoms with E-state index in [1.54, 1.807) is 12.1 Å². The Balaban J connectivity index is 1.76. The smallest absolute Gasteiger partial charge is 0.276 e. The number of nitrogens with zero attached hydrogens (tertiary/aromatic N) is 1. The van der Waals surface area contributed by atoms with E-state index in [1.807, 2.05) is 19.1 Å². The van der Waals surface area contributed by atoms with Crippen LogP contribution in [0.3, 0.4) is 0 Å². The summed E-state index contributed by atoms with van der Waals surface area (Å²) in [6.45, 7) is 1.62. The number of thiocarbonyl (C=S) groups is 1. The van der Waals surface area contributed by atoms with Gasteiger partial charge in [-0.3, -0.25) is 35.9 Å². The number of nitrogens with one attached hydrogen (secondary N) is 3. The molecule has 0 spiro atoms. The van der Waals surface area contributed by atoms with Gasteiger partial charge in [-0.1, -0.05) is 18.2 Å². The van der Waals surface area contributed by atoms with E-state index >= 15 is 0 Å². The number of aryl methyl sites for hydroxylation is 1. The Morgan fingerprint density at radius 3 is 2.41 bits per heavy atom. The molecule has 0 aliphatic carbocycles. The average molecular weight is 388 g/mol. The van der Waals surface area contributed by atoms with Gasteiger partial charge in [0.25, 0.3) is 17.5 Å². The van der Waals surface area contributed by atoms with E-state index in [1.165, 1.54) is 24.3 Å². The summed E-state index contributed by atoms with van der Waals surface area (Å²) in [7, 11) is 0. The third-order valence-corrected chi connectivity index (χ3v) is 3.54. The molecule has 2 aromatic rings. The third-order valence-electron chi connectivity index (χ3n) is 3.34. The monoisotopic (exact) mass is 388 g/mol. The molecule has 2 rings (SSSR count). The van der Waals surface area contributed by atoms with Crippen molar-refractivity contribution in [2.75, 3.05) is 6.61 Å². The molecule has 2 aromatic carbocycles. The standard InChI is InChI=1S/C17H16N4O5S/c1-11-4-2-3-5-14(11)26-10-15(22)19-20-17(27)18-16(23)12-6-8-13(9-7-12)21(24)25/h2-9H,10H2,1H3,(H,19,22)(H2,18,20,23,27). The summed E-state index contributed by atoms with van der Waals surface area (Å²) in [6, 6.07) is 12.2. The molecule has 2 amide bonds. The van der Waals surface area contributed by atoms with Gasteiger partial charge in [-0.25, -0.2) is 0 Å². The molecule has 0 aliphatic heterocycles. The molecule has 0 fully saturated rings. The number of carbonyl (C=O) groups is 2. The topological polar surface area (TPSA) is 123 Å². The Morgan fingerprint density at radius 2 is 1.78 bits per heavy atom. The summed E-state index contributed by atoms with van der Waals surface area (Å²) in [5.74, 6) is -0.486. The minimum atomic E-state index is -0.576. The van der Waals surface area contributed by atoms with Crippen LogP contribution in [-0.2, 0) is 4.79 Å². The Bertz CT molecular complexity index is 870. The van der Waals surface area contributed by atoms with E-state index in [2.05, 4.69) is 16.2 Å². The van der Waals surface area contributed by atoms with Gasteiger partial charge in [0.15, 0.2) is 11.7 Å². The number of hydrogen-bond donors (Lipinski definition) is 3. The van der Waals surface area contributed by atoms with Crippen LogP contribution >= 0.6 is 12.2 Å². The zero-order valence-electron chi connectivity index (χ0n) is 14.2. The lowest BCUT2D eigenvalue weighted by molar-refractivity contribution is -0.384. The molecular weight excluding hydrogens is 372 g/mol. The molecule has 0 heterocycles. The first kappa shape index (κ1) is 19.8. The highest BCUT2D eigenvalue weighted by Crippen LogP contribution is 2.15. The highest BCUT2D eigenvalue weighted by Gasteiger charge is 2.11. The van der Waals surface area contributed by atoms with E-state index < -0.39 is 16.7 Å². The van der Waals surface area contributed by atoms with Gasteiger partial charge in [0.2, 0.25) is 0 Å². The number of carbonyl (C=O) groups excluding carboxylic acids is 2. The van der Waals surface area contributed by atoms with Crippen molar-refractivity contribution in [2.24, 2.45) is 0 Å². The second-order valence-electron chi connectivity index (χ2n) is 5.31. The quantitative estimate of drug-likeness (QED) is 0.404. The molecule has 0 unspecified atom stereocenters. The molecule has 0 aliphatic rings. The van der Waals surface area contributed by atoms with Gasteiger partial charge >= 0.3 is 0 Å². The molecule has 0 aromatic heterocycles. The van der Waals surface area contributed by atoms with Crippen LogP contribution in [0.1, 0.15) is 15.9 Å². The number of hydrazine groups is 1. The lowest BCUT2D eigenvalue weighted by Crippen LogP contribution is -2.49. The molecule has 0 saturated carbocycles. The highest BCUT2D eigenvalue weighted by molar-refractivity contribution is 7.80. The van der Waals surface area contributed by atoms with Crippen LogP contribution in [0.5, 0.6) is 5.75 Å². The van der Waals surface area contributed by atoms with Crippen molar-refractivity contribution in [1.29, 1.82) is 0 Å². The van der Waals surface area contributed by atoms with Crippen molar-refractivity contribution in [3.8, 4) is 5.75 Å². The van der Waals surface area contributed by atoms with Crippen LogP contribution in [0.2, 0.25) is 0 Å². The van der Waals surface area contributed by atoms with Crippen molar-refractivity contribution < 1.29 is 19.2 Å². The lowest BCUT2D eigenvalue weighted by atomic mass is 10.2. The van der Waals surface area contributed by atoms with Gasteiger partial charge < -0.3 is 4.74 Å². The largest absolute Gasteiger partial charge is 0.483 e. The number of non-ortho nitro benzene ring substituents is 1. The number of amides is 2. The summed E-state index contributed by atoms with van der Waals surface area (Å²) < 4.78 is 5.37. The average Bonchev–Trinajstić information content (AvgIpc) is 2.65. The molecule has 9 nitrogen and oxygen atoms in total. The SMILES string of the molecule is Cc1ccccc1OCC(=O)NNC(=S)NC(=O)c1ccc([N+](=O)[O-])cc1. The number of nitro groups is 1. The predicted molar refractivity (Wildman–Crippen MR) is 101 cm³/mol. The first-order valence-electron chi connectivity index (χ1n) is 7.70. The minimum Gasteiger partial charge on any atom is -0.483 e. The molecule has 27 heavy (non-hydrogen) atoms. The third kappa shape index (κ3) is 6.04. The van der Waals surface area contributed by atoms with Crippen molar-refractivity contribution in [1.82, 2.24) is 16.2 Å². The molecule has 140 valence electrons. The van der Waals surface area contributed by atoms with Crippen LogP contribution in [0.15, 0.2) is 48.5 Å². The van der Waals surface area contributed by atoms with Crippen LogP contribution in [-0.4, -0.2) is 28.5 Å². The molecule has 3 N–H and O–H groups in total. The fraction of sp³-hybridized carbons (Fsp3) is 0.118. The van der Waals surface area contributed by atoms with Crippen molar-refractivity contribution in [2.45, 2.75) is 6.92 Å². The molecule has 0 bridgehead atoms. The van der Waals surface area contributed by atoms with Crippen LogP contribution in [0.4, 0.5) is 5.69 Å². The van der Waals surface area contributed by atoms with Gasteiger partial charge in [0.1, 0.15) is 5.75 Å². The van der Waals surface area contributed by atoms with Gasteiger partial charge in [-0.15, -0.1) is 0 Å². The zero-order valence-corrected chi connectivity index (χ0v) is 15.0. The zero-order chi connectivity index (χ0) is 19.8. The maximum atomic E-state index is 12.0. The summed E-state index contributed by atoms with van der Waals surface area (Å²) >= 11 is 4.91. The fourth-order valence-electron chi connectivity index (χ4n) is 1.97. The highest BCUT2D eigenvalue weighted by atomic mass is 32.1. The Labute approximate surface area is 159 Å². The van der Waals surface area contributed by atoms with Crippen molar-refractivity contribution in [3.63, 3.8) is 0 Å². The van der Waals surface area contributed by atoms with Crippen LogP contribution in [0, 0.1) is 17.0 Å². The normalized spacial score (nSPS) is 9.81. The molecule has 0 atom stereocenters. The van der Waals surface area contributed by atoms with Gasteiger partial charge in [-0.2, -0.15) is 0 Å². The Hall–Kier alpha value is -3.53. The molecule has 10 heteroatoms. The first-order valence-corrected chi connectivity index (χ1v) is 8.10. The van der Waals surface area contributed by atoms with Gasteiger partial charge in [0.05, 0.1) is 4.92 Å². The van der Waals surface area contributed by atoms with E-state index in [-0.39, 0.29) is 23.0 Å². The van der Waals surface area contributed by atoms with Crippen molar-refractivity contribution >= 4 is 34.8 Å². The van der Waals surface area contributed by atoms with E-state index in [4.69, 9.17) is 17.0 Å². The van der Waals surface area contributed by atoms with E-state index in [0.717, 1.165) is 5.56 Å². The van der Waals surface area contributed by atoms with Crippen molar-refractivity contribution in [3.05, 3.63) is 69.8 Å². The Kier molecular flexibility index (Phi) is 6.78. The van der Waals surface area contributed by atoms with E-state index in [0.29, 0.717) is 5.75 Å². The maximum Gasteiger partial charge on any atom is 0.276 e. The maximum absolute atomic E-state index is 12.0. The first-order chi connectivity index (χ1) is 12.9. The number of ether oxygens (including phenoxy) is 1. The Morgan fingerprint density at radius 1 is 1.11 bits per heavy atom. The van der Waals surface area contributed by atoms with Crippen LogP contribution in [0.25, 0.3) is 0 Å².